The van der Waals surface area contributed by atoms with Gasteiger partial charge < -0.3 is 0 Å². The van der Waals surface area contributed by atoms with Crippen molar-refractivity contribution in [3.8, 4) is 0 Å². The maximum absolute atomic E-state index is 13.4. The molecule has 1 aromatic rings. The first-order valence-electron chi connectivity index (χ1n) is 5.37. The zero-order chi connectivity index (χ0) is 12.5. The van der Waals surface area contributed by atoms with Gasteiger partial charge in [0, 0.05) is 13.0 Å². The fourth-order valence-corrected chi connectivity index (χ4v) is 2.31. The Bertz CT molecular complexity index is 412. The zero-order valence-corrected chi connectivity index (χ0v) is 10.7. The molecule has 2 nitrogen and oxygen atoms in total. The third-order valence-electron chi connectivity index (χ3n) is 2.73. The van der Waals surface area contributed by atoms with Crippen LogP contribution in [0.1, 0.15) is 18.5 Å². The van der Waals surface area contributed by atoms with Crippen LogP contribution >= 0.6 is 15.9 Å². The minimum absolute atomic E-state index is 0.0854. The smallest absolute Gasteiger partial charge is 0.260 e. The number of aromatic nitrogens is 1. The SMILES string of the molecule is Fc1ccc(Br)nc1CN1CCCC(F)(F)C1. The van der Waals surface area contributed by atoms with Crippen LogP contribution in [-0.2, 0) is 6.54 Å². The van der Waals surface area contributed by atoms with Crippen LogP contribution in [0.5, 0.6) is 0 Å². The second-order valence-corrected chi connectivity index (χ2v) is 5.05. The van der Waals surface area contributed by atoms with Gasteiger partial charge in [0.15, 0.2) is 0 Å². The molecule has 0 bridgehead atoms. The summed E-state index contributed by atoms with van der Waals surface area (Å²) in [6, 6.07) is 2.78. The summed E-state index contributed by atoms with van der Waals surface area (Å²) in [6.45, 7) is 0.366. The molecule has 94 valence electrons. The first-order valence-corrected chi connectivity index (χ1v) is 6.17. The molecule has 0 spiro atoms. The number of hydrogen-bond acceptors (Lipinski definition) is 2. The van der Waals surface area contributed by atoms with Gasteiger partial charge in [-0.2, -0.15) is 0 Å². The van der Waals surface area contributed by atoms with Crippen LogP contribution in [-0.4, -0.2) is 28.9 Å². The molecule has 1 saturated heterocycles. The number of rotatable bonds is 2. The van der Waals surface area contributed by atoms with Crippen molar-refractivity contribution >= 4 is 15.9 Å². The molecule has 17 heavy (non-hydrogen) atoms. The topological polar surface area (TPSA) is 16.1 Å². The largest absolute Gasteiger partial charge is 0.291 e. The van der Waals surface area contributed by atoms with Crippen LogP contribution < -0.4 is 0 Å². The van der Waals surface area contributed by atoms with E-state index in [1.807, 2.05) is 0 Å². The average molecular weight is 309 g/mol. The Morgan fingerprint density at radius 3 is 2.88 bits per heavy atom. The van der Waals surface area contributed by atoms with Crippen molar-refractivity contribution in [3.63, 3.8) is 0 Å². The Balaban J connectivity index is 2.07. The van der Waals surface area contributed by atoms with E-state index >= 15 is 0 Å². The number of nitrogens with zero attached hydrogens (tertiary/aromatic N) is 2. The minimum Gasteiger partial charge on any atom is -0.291 e. The number of hydrogen-bond donors (Lipinski definition) is 0. The van der Waals surface area contributed by atoms with E-state index in [2.05, 4.69) is 20.9 Å². The predicted molar refractivity (Wildman–Crippen MR) is 61.4 cm³/mol. The van der Waals surface area contributed by atoms with E-state index in [9.17, 15) is 13.2 Å². The first kappa shape index (κ1) is 12.8. The number of halogens is 4. The van der Waals surface area contributed by atoms with Crippen molar-refractivity contribution in [2.45, 2.75) is 25.3 Å². The van der Waals surface area contributed by atoms with Gasteiger partial charge in [0.2, 0.25) is 0 Å². The van der Waals surface area contributed by atoms with Gasteiger partial charge in [-0.3, -0.25) is 4.90 Å². The highest BCUT2D eigenvalue weighted by Crippen LogP contribution is 2.27. The van der Waals surface area contributed by atoms with E-state index in [0.29, 0.717) is 17.6 Å². The summed E-state index contributed by atoms with van der Waals surface area (Å²) < 4.78 is 40.3. The lowest BCUT2D eigenvalue weighted by Crippen LogP contribution is -2.42. The number of piperidine rings is 1. The van der Waals surface area contributed by atoms with Crippen molar-refractivity contribution in [1.29, 1.82) is 0 Å². The van der Waals surface area contributed by atoms with E-state index in [4.69, 9.17) is 0 Å². The Kier molecular flexibility index (Phi) is 3.73. The molecule has 0 saturated carbocycles. The molecule has 0 atom stereocenters. The van der Waals surface area contributed by atoms with E-state index in [1.54, 1.807) is 4.90 Å². The fraction of sp³-hybridized carbons (Fsp3) is 0.545. The second-order valence-electron chi connectivity index (χ2n) is 4.23. The molecule has 0 N–H and O–H groups in total. The van der Waals surface area contributed by atoms with Gasteiger partial charge in [0.1, 0.15) is 10.4 Å². The van der Waals surface area contributed by atoms with Gasteiger partial charge in [-0.05, 0) is 41.0 Å². The summed E-state index contributed by atoms with van der Waals surface area (Å²) in [7, 11) is 0. The molecular formula is C11H12BrF3N2. The third-order valence-corrected chi connectivity index (χ3v) is 3.17. The molecule has 6 heteroatoms. The first-order chi connectivity index (χ1) is 7.96. The molecule has 1 aromatic heterocycles. The molecule has 1 aliphatic heterocycles. The van der Waals surface area contributed by atoms with E-state index in [0.717, 1.165) is 0 Å². The number of pyridine rings is 1. The van der Waals surface area contributed by atoms with Crippen LogP contribution in [0.15, 0.2) is 16.7 Å². The molecule has 1 aliphatic rings. The van der Waals surface area contributed by atoms with E-state index < -0.39 is 11.7 Å². The minimum atomic E-state index is -2.67. The van der Waals surface area contributed by atoms with Gasteiger partial charge in [-0.25, -0.2) is 18.2 Å². The van der Waals surface area contributed by atoms with Crippen molar-refractivity contribution in [2.75, 3.05) is 13.1 Å². The van der Waals surface area contributed by atoms with Crippen molar-refractivity contribution in [1.82, 2.24) is 9.88 Å². The van der Waals surface area contributed by atoms with Gasteiger partial charge >= 0.3 is 0 Å². The van der Waals surface area contributed by atoms with Crippen LogP contribution in [0.2, 0.25) is 0 Å². The predicted octanol–water partition coefficient (Wildman–Crippen LogP) is 3.21. The highest BCUT2D eigenvalue weighted by Gasteiger charge is 2.35. The molecule has 0 aliphatic carbocycles. The Morgan fingerprint density at radius 1 is 1.41 bits per heavy atom. The molecule has 1 fully saturated rings. The average Bonchev–Trinajstić information content (AvgIpc) is 2.22. The summed E-state index contributed by atoms with van der Waals surface area (Å²) in [5.41, 5.74) is 0.206. The molecule has 0 aromatic carbocycles. The summed E-state index contributed by atoms with van der Waals surface area (Å²) in [4.78, 5) is 5.51. The van der Waals surface area contributed by atoms with Gasteiger partial charge in [0.25, 0.3) is 5.92 Å². The lowest BCUT2D eigenvalue weighted by atomic mass is 10.1. The Morgan fingerprint density at radius 2 is 2.18 bits per heavy atom. The van der Waals surface area contributed by atoms with Crippen LogP contribution in [0.4, 0.5) is 13.2 Å². The fourth-order valence-electron chi connectivity index (χ4n) is 1.96. The standard InChI is InChI=1S/C11H12BrF3N2/c12-10-3-2-8(13)9(16-10)6-17-5-1-4-11(14,15)7-17/h2-3H,1,4-7H2. The summed E-state index contributed by atoms with van der Waals surface area (Å²) in [5.74, 6) is -3.12. The second kappa shape index (κ2) is 4.94. The highest BCUT2D eigenvalue weighted by atomic mass is 79.9. The molecule has 0 radical (unpaired) electrons. The summed E-state index contributed by atoms with van der Waals surface area (Å²) in [6.07, 6.45) is 0.348. The highest BCUT2D eigenvalue weighted by molar-refractivity contribution is 9.10. The maximum Gasteiger partial charge on any atom is 0.260 e. The number of alkyl halides is 2. The van der Waals surface area contributed by atoms with Crippen LogP contribution in [0.25, 0.3) is 0 Å². The molecule has 2 rings (SSSR count). The lowest BCUT2D eigenvalue weighted by Gasteiger charge is -2.32. The number of likely N-dealkylation sites (tertiary alicyclic amines) is 1. The zero-order valence-electron chi connectivity index (χ0n) is 9.10. The third kappa shape index (κ3) is 3.42. The summed E-state index contributed by atoms with van der Waals surface area (Å²) in [5, 5.41) is 0. The van der Waals surface area contributed by atoms with Gasteiger partial charge in [-0.1, -0.05) is 0 Å². The van der Waals surface area contributed by atoms with Crippen molar-refractivity contribution in [3.05, 3.63) is 28.2 Å². The molecule has 0 unspecified atom stereocenters. The molecule has 0 amide bonds. The molecular weight excluding hydrogens is 297 g/mol. The quantitative estimate of drug-likeness (QED) is 0.780. The van der Waals surface area contributed by atoms with Crippen LogP contribution in [0, 0.1) is 5.82 Å². The molecule has 2 heterocycles. The van der Waals surface area contributed by atoms with E-state index in [1.165, 1.54) is 12.1 Å². The Hall–Kier alpha value is -0.620. The van der Waals surface area contributed by atoms with Crippen molar-refractivity contribution < 1.29 is 13.2 Å². The van der Waals surface area contributed by atoms with Gasteiger partial charge in [-0.15, -0.1) is 0 Å². The Labute approximate surface area is 106 Å². The van der Waals surface area contributed by atoms with E-state index in [-0.39, 0.29) is 25.2 Å². The van der Waals surface area contributed by atoms with Crippen molar-refractivity contribution in [2.24, 2.45) is 0 Å². The lowest BCUT2D eigenvalue weighted by molar-refractivity contribution is -0.0665. The van der Waals surface area contributed by atoms with Gasteiger partial charge in [0.05, 0.1) is 12.2 Å². The monoisotopic (exact) mass is 308 g/mol. The summed E-state index contributed by atoms with van der Waals surface area (Å²) >= 11 is 3.14. The normalized spacial score (nSPS) is 20.5. The maximum atomic E-state index is 13.4. The van der Waals surface area contributed by atoms with Crippen LogP contribution in [0.3, 0.4) is 0 Å².